The Morgan fingerprint density at radius 3 is 2.72 bits per heavy atom. The highest BCUT2D eigenvalue weighted by Gasteiger charge is 2.34. The summed E-state index contributed by atoms with van der Waals surface area (Å²) in [6.07, 6.45) is 1.09. The van der Waals surface area contributed by atoms with Gasteiger partial charge in [0.1, 0.15) is 0 Å². The van der Waals surface area contributed by atoms with Gasteiger partial charge in [-0.05, 0) is 17.9 Å². The second kappa shape index (κ2) is 4.63. The number of rotatable bonds is 3. The van der Waals surface area contributed by atoms with Gasteiger partial charge in [0.2, 0.25) is 0 Å². The molecule has 1 fully saturated rings. The van der Waals surface area contributed by atoms with Gasteiger partial charge in [-0.25, -0.2) is 4.99 Å². The van der Waals surface area contributed by atoms with E-state index in [0.29, 0.717) is 18.0 Å². The normalized spacial score (nSPS) is 26.2. The van der Waals surface area contributed by atoms with Gasteiger partial charge in [-0.15, -0.1) is 0 Å². The summed E-state index contributed by atoms with van der Waals surface area (Å²) >= 11 is 0. The zero-order valence-corrected chi connectivity index (χ0v) is 11.1. The molecule has 0 aliphatic carbocycles. The highest BCUT2D eigenvalue weighted by Crippen LogP contribution is 2.20. The molecule has 2 heterocycles. The van der Waals surface area contributed by atoms with Crippen molar-refractivity contribution in [1.29, 1.82) is 0 Å². The molecule has 1 N–H and O–H groups in total. The third kappa shape index (κ3) is 2.22. The fourth-order valence-corrected chi connectivity index (χ4v) is 2.75. The summed E-state index contributed by atoms with van der Waals surface area (Å²) in [5, 5.41) is 3.56. The number of hydrogen-bond donors (Lipinski definition) is 1. The largest absolute Gasteiger partial charge is 0.351 e. The second-order valence-electron chi connectivity index (χ2n) is 5.70. The van der Waals surface area contributed by atoms with E-state index in [4.69, 9.17) is 4.99 Å². The van der Waals surface area contributed by atoms with Crippen LogP contribution >= 0.6 is 0 Å². The number of benzene rings is 1. The predicted octanol–water partition coefficient (Wildman–Crippen LogP) is 1.90. The van der Waals surface area contributed by atoms with Crippen molar-refractivity contribution in [2.45, 2.75) is 32.4 Å². The molecular weight excluding hydrogens is 222 g/mol. The molecule has 0 radical (unpaired) electrons. The van der Waals surface area contributed by atoms with Crippen LogP contribution in [0.5, 0.6) is 0 Å². The van der Waals surface area contributed by atoms with Crippen molar-refractivity contribution in [3.05, 3.63) is 35.9 Å². The van der Waals surface area contributed by atoms with Crippen LogP contribution in [0.2, 0.25) is 0 Å². The molecule has 18 heavy (non-hydrogen) atoms. The van der Waals surface area contributed by atoms with Crippen LogP contribution in [-0.2, 0) is 6.42 Å². The quantitative estimate of drug-likeness (QED) is 0.878. The van der Waals surface area contributed by atoms with Gasteiger partial charge in [0, 0.05) is 13.1 Å². The summed E-state index contributed by atoms with van der Waals surface area (Å²) in [7, 11) is 0. The van der Waals surface area contributed by atoms with Gasteiger partial charge in [0.05, 0.1) is 12.1 Å². The SMILES string of the molecule is CC(C)[C@H]1CN2C[C@H](Cc3ccccc3)NC2=N1. The summed E-state index contributed by atoms with van der Waals surface area (Å²) in [5.74, 6) is 1.76. The zero-order chi connectivity index (χ0) is 12.5. The number of nitrogens with one attached hydrogen (secondary N) is 1. The maximum atomic E-state index is 4.77. The molecule has 0 saturated carbocycles. The highest BCUT2D eigenvalue weighted by atomic mass is 15.4. The molecule has 0 unspecified atom stereocenters. The first-order valence-electron chi connectivity index (χ1n) is 6.85. The van der Waals surface area contributed by atoms with Gasteiger partial charge in [0.25, 0.3) is 0 Å². The molecule has 3 heteroatoms. The zero-order valence-electron chi connectivity index (χ0n) is 11.1. The van der Waals surface area contributed by atoms with E-state index >= 15 is 0 Å². The van der Waals surface area contributed by atoms with E-state index in [1.807, 2.05) is 0 Å². The summed E-state index contributed by atoms with van der Waals surface area (Å²) in [6, 6.07) is 11.7. The van der Waals surface area contributed by atoms with E-state index < -0.39 is 0 Å². The molecule has 0 bridgehead atoms. The maximum Gasteiger partial charge on any atom is 0.194 e. The van der Waals surface area contributed by atoms with E-state index in [-0.39, 0.29) is 0 Å². The first-order valence-corrected chi connectivity index (χ1v) is 6.85. The van der Waals surface area contributed by atoms with Gasteiger partial charge in [-0.1, -0.05) is 44.2 Å². The van der Waals surface area contributed by atoms with Gasteiger partial charge in [0.15, 0.2) is 5.96 Å². The molecular formula is C15H21N3. The molecule has 0 amide bonds. The lowest BCUT2D eigenvalue weighted by atomic mass is 10.0. The Morgan fingerprint density at radius 2 is 2.06 bits per heavy atom. The number of fused-ring (bicyclic) bond motifs is 1. The van der Waals surface area contributed by atoms with Crippen LogP contribution in [0.25, 0.3) is 0 Å². The van der Waals surface area contributed by atoms with E-state index in [9.17, 15) is 0 Å². The number of aliphatic imine (C=N–C) groups is 1. The van der Waals surface area contributed by atoms with Crippen molar-refractivity contribution in [3.8, 4) is 0 Å². The molecule has 0 spiro atoms. The summed E-state index contributed by atoms with van der Waals surface area (Å²) in [6.45, 7) is 6.68. The minimum atomic E-state index is 0.477. The van der Waals surface area contributed by atoms with Crippen molar-refractivity contribution in [1.82, 2.24) is 10.2 Å². The standard InChI is InChI=1S/C15H21N3/c1-11(2)14-10-18-9-13(16-15(18)17-14)8-12-6-4-3-5-7-12/h3-7,11,13-14H,8-10H2,1-2H3,(H,16,17)/t13-,14+/m0/s1. The average Bonchev–Trinajstić information content (AvgIpc) is 2.88. The minimum Gasteiger partial charge on any atom is -0.351 e. The maximum absolute atomic E-state index is 4.77. The van der Waals surface area contributed by atoms with Gasteiger partial charge in [-0.3, -0.25) is 0 Å². The van der Waals surface area contributed by atoms with Crippen LogP contribution in [0.4, 0.5) is 0 Å². The highest BCUT2D eigenvalue weighted by molar-refractivity contribution is 5.84. The van der Waals surface area contributed by atoms with Crippen LogP contribution in [0, 0.1) is 5.92 Å². The van der Waals surface area contributed by atoms with Crippen LogP contribution in [-0.4, -0.2) is 36.0 Å². The number of nitrogens with zero attached hydrogens (tertiary/aromatic N) is 2. The molecule has 0 aromatic heterocycles. The first-order chi connectivity index (χ1) is 8.72. The molecule has 96 valence electrons. The minimum absolute atomic E-state index is 0.477. The predicted molar refractivity (Wildman–Crippen MR) is 74.7 cm³/mol. The van der Waals surface area contributed by atoms with E-state index in [1.54, 1.807) is 0 Å². The van der Waals surface area contributed by atoms with E-state index in [2.05, 4.69) is 54.4 Å². The Morgan fingerprint density at radius 1 is 1.28 bits per heavy atom. The van der Waals surface area contributed by atoms with E-state index in [1.165, 1.54) is 5.56 Å². The average molecular weight is 243 g/mol. The lowest BCUT2D eigenvalue weighted by Gasteiger charge is -2.16. The monoisotopic (exact) mass is 243 g/mol. The van der Waals surface area contributed by atoms with E-state index in [0.717, 1.165) is 25.5 Å². The fourth-order valence-electron chi connectivity index (χ4n) is 2.75. The molecule has 3 nitrogen and oxygen atoms in total. The Hall–Kier alpha value is -1.51. The number of hydrogen-bond acceptors (Lipinski definition) is 3. The van der Waals surface area contributed by atoms with Crippen LogP contribution in [0.3, 0.4) is 0 Å². The molecule has 1 aromatic carbocycles. The molecule has 2 aliphatic rings. The fraction of sp³-hybridized carbons (Fsp3) is 0.533. The molecule has 3 rings (SSSR count). The Labute approximate surface area is 109 Å². The lowest BCUT2D eigenvalue weighted by Crippen LogP contribution is -2.30. The smallest absolute Gasteiger partial charge is 0.194 e. The van der Waals surface area contributed by atoms with Crippen molar-refractivity contribution < 1.29 is 0 Å². The van der Waals surface area contributed by atoms with Crippen LogP contribution in [0.1, 0.15) is 19.4 Å². The second-order valence-corrected chi connectivity index (χ2v) is 5.70. The molecule has 1 aromatic rings. The van der Waals surface area contributed by atoms with Crippen molar-refractivity contribution in [3.63, 3.8) is 0 Å². The van der Waals surface area contributed by atoms with Crippen LogP contribution in [0.15, 0.2) is 35.3 Å². The molecule has 1 saturated heterocycles. The first kappa shape index (κ1) is 11.6. The van der Waals surface area contributed by atoms with Gasteiger partial charge >= 0.3 is 0 Å². The van der Waals surface area contributed by atoms with Crippen LogP contribution < -0.4 is 5.32 Å². The summed E-state index contributed by atoms with van der Waals surface area (Å²) < 4.78 is 0. The van der Waals surface area contributed by atoms with Gasteiger partial charge in [-0.2, -0.15) is 0 Å². The Balaban J connectivity index is 1.62. The topological polar surface area (TPSA) is 27.6 Å². The number of guanidine groups is 1. The van der Waals surface area contributed by atoms with Gasteiger partial charge < -0.3 is 10.2 Å². The van der Waals surface area contributed by atoms with Crippen molar-refractivity contribution >= 4 is 5.96 Å². The Bertz CT molecular complexity index is 438. The molecule has 2 aliphatic heterocycles. The third-order valence-corrected chi connectivity index (χ3v) is 3.86. The Kier molecular flexibility index (Phi) is 2.98. The van der Waals surface area contributed by atoms with Crippen molar-refractivity contribution in [2.75, 3.05) is 13.1 Å². The third-order valence-electron chi connectivity index (χ3n) is 3.86. The summed E-state index contributed by atoms with van der Waals surface area (Å²) in [4.78, 5) is 7.17. The summed E-state index contributed by atoms with van der Waals surface area (Å²) in [5.41, 5.74) is 1.40. The lowest BCUT2D eigenvalue weighted by molar-refractivity contribution is 0.383. The van der Waals surface area contributed by atoms with Crippen molar-refractivity contribution in [2.24, 2.45) is 10.9 Å². The molecule has 2 atom stereocenters.